The molecule has 0 unspecified atom stereocenters. The molecular weight excluding hydrogens is 374 g/mol. The van der Waals surface area contributed by atoms with Crippen LogP contribution in [0.15, 0.2) is 54.9 Å². The summed E-state index contributed by atoms with van der Waals surface area (Å²) in [6, 6.07) is 15.8. The molecule has 0 aliphatic rings. The van der Waals surface area contributed by atoms with Crippen molar-refractivity contribution in [2.75, 3.05) is 5.32 Å². The van der Waals surface area contributed by atoms with Crippen LogP contribution in [0.2, 0.25) is 0 Å². The molecule has 0 radical (unpaired) electrons. The Morgan fingerprint density at radius 1 is 1.07 bits per heavy atom. The van der Waals surface area contributed by atoms with Gasteiger partial charge in [0.1, 0.15) is 6.33 Å². The number of para-hydroxylation sites is 2. The molecule has 0 aliphatic carbocycles. The number of amides is 1. The molecule has 0 aliphatic heterocycles. The van der Waals surface area contributed by atoms with E-state index in [0.29, 0.717) is 12.3 Å². The zero-order chi connectivity index (χ0) is 21.3. The molecule has 1 N–H and O–H groups in total. The third-order valence-corrected chi connectivity index (χ3v) is 5.29. The highest BCUT2D eigenvalue weighted by Crippen LogP contribution is 2.20. The molecule has 2 heterocycles. The Hall–Kier alpha value is -3.41. The number of carbonyl (C=O) groups excluding carboxylic acids is 1. The Morgan fingerprint density at radius 2 is 1.80 bits per heavy atom. The van der Waals surface area contributed by atoms with Gasteiger partial charge in [-0.2, -0.15) is 5.10 Å². The third kappa shape index (κ3) is 3.99. The minimum atomic E-state index is -0.0360. The van der Waals surface area contributed by atoms with Crippen molar-refractivity contribution in [2.24, 2.45) is 5.92 Å². The summed E-state index contributed by atoms with van der Waals surface area (Å²) in [6.45, 7) is 9.20. The van der Waals surface area contributed by atoms with Gasteiger partial charge in [0, 0.05) is 29.2 Å². The lowest BCUT2D eigenvalue weighted by Gasteiger charge is -2.09. The van der Waals surface area contributed by atoms with Gasteiger partial charge in [-0.3, -0.25) is 14.0 Å². The summed E-state index contributed by atoms with van der Waals surface area (Å²) in [4.78, 5) is 17.1. The van der Waals surface area contributed by atoms with E-state index in [2.05, 4.69) is 29.2 Å². The lowest BCUT2D eigenvalue weighted by atomic mass is 10.1. The number of aromatic nitrogens is 4. The highest BCUT2D eigenvalue weighted by Gasteiger charge is 2.16. The average Bonchev–Trinajstić information content (AvgIpc) is 3.25. The topological polar surface area (TPSA) is 64.7 Å². The lowest BCUT2D eigenvalue weighted by Crippen LogP contribution is -2.15. The second-order valence-electron chi connectivity index (χ2n) is 8.10. The van der Waals surface area contributed by atoms with E-state index in [4.69, 9.17) is 0 Å². The van der Waals surface area contributed by atoms with Crippen LogP contribution in [-0.2, 0) is 17.8 Å². The number of hydrogen-bond acceptors (Lipinski definition) is 3. The molecule has 2 aromatic carbocycles. The standard InChI is InChI=1S/C24H27N5O/c1-16(2)14-29-18(4)21(17(3)27-29)13-24(30)26-19-9-11-20(12-10-19)28-15-25-22-7-5-6-8-23(22)28/h5-12,15-16H,13-14H2,1-4H3,(H,26,30). The first kappa shape index (κ1) is 19.9. The van der Waals surface area contributed by atoms with E-state index in [9.17, 15) is 4.79 Å². The van der Waals surface area contributed by atoms with Crippen molar-refractivity contribution in [1.29, 1.82) is 0 Å². The van der Waals surface area contributed by atoms with Gasteiger partial charge in [0.2, 0.25) is 5.91 Å². The normalized spacial score (nSPS) is 11.4. The van der Waals surface area contributed by atoms with Crippen molar-refractivity contribution < 1.29 is 4.79 Å². The molecule has 0 spiro atoms. The molecule has 30 heavy (non-hydrogen) atoms. The monoisotopic (exact) mass is 401 g/mol. The SMILES string of the molecule is Cc1nn(CC(C)C)c(C)c1CC(=O)Nc1ccc(-n2cnc3ccccc32)cc1. The molecular formula is C24H27N5O. The number of anilines is 1. The zero-order valence-corrected chi connectivity index (χ0v) is 17.9. The summed E-state index contributed by atoms with van der Waals surface area (Å²) >= 11 is 0. The van der Waals surface area contributed by atoms with Crippen LogP contribution in [0.4, 0.5) is 5.69 Å². The number of hydrogen-bond donors (Lipinski definition) is 1. The van der Waals surface area contributed by atoms with Gasteiger partial charge in [-0.1, -0.05) is 26.0 Å². The van der Waals surface area contributed by atoms with Crippen molar-refractivity contribution in [3.8, 4) is 5.69 Å². The highest BCUT2D eigenvalue weighted by atomic mass is 16.1. The van der Waals surface area contributed by atoms with Gasteiger partial charge in [0.05, 0.1) is 23.1 Å². The van der Waals surface area contributed by atoms with Gasteiger partial charge >= 0.3 is 0 Å². The van der Waals surface area contributed by atoms with Gasteiger partial charge in [0.25, 0.3) is 0 Å². The summed E-state index contributed by atoms with van der Waals surface area (Å²) in [7, 11) is 0. The first-order valence-corrected chi connectivity index (χ1v) is 10.3. The number of fused-ring (bicyclic) bond motifs is 1. The fourth-order valence-corrected chi connectivity index (χ4v) is 3.75. The van der Waals surface area contributed by atoms with Gasteiger partial charge < -0.3 is 5.32 Å². The summed E-state index contributed by atoms with van der Waals surface area (Å²) in [5.41, 5.74) is 6.79. The average molecular weight is 402 g/mol. The van der Waals surface area contributed by atoms with Gasteiger partial charge in [0.15, 0.2) is 0 Å². The second kappa shape index (κ2) is 8.14. The molecule has 4 aromatic rings. The van der Waals surface area contributed by atoms with Crippen LogP contribution in [0.25, 0.3) is 16.7 Å². The van der Waals surface area contributed by atoms with E-state index >= 15 is 0 Å². The van der Waals surface area contributed by atoms with E-state index in [1.54, 1.807) is 0 Å². The molecule has 0 atom stereocenters. The molecule has 154 valence electrons. The molecule has 0 fully saturated rings. The van der Waals surface area contributed by atoms with E-state index in [1.807, 2.05) is 78.0 Å². The van der Waals surface area contributed by atoms with Crippen LogP contribution in [0.3, 0.4) is 0 Å². The van der Waals surface area contributed by atoms with Crippen molar-refractivity contribution in [2.45, 2.75) is 40.7 Å². The first-order valence-electron chi connectivity index (χ1n) is 10.3. The van der Waals surface area contributed by atoms with Gasteiger partial charge in [-0.15, -0.1) is 0 Å². The molecule has 6 nitrogen and oxygen atoms in total. The van der Waals surface area contributed by atoms with Crippen molar-refractivity contribution in [3.63, 3.8) is 0 Å². The predicted octanol–water partition coefficient (Wildman–Crippen LogP) is 4.68. The number of aryl methyl sites for hydroxylation is 1. The van der Waals surface area contributed by atoms with Crippen LogP contribution in [0, 0.1) is 19.8 Å². The molecule has 0 saturated heterocycles. The highest BCUT2D eigenvalue weighted by molar-refractivity contribution is 5.92. The maximum atomic E-state index is 12.6. The summed E-state index contributed by atoms with van der Waals surface area (Å²) < 4.78 is 4.05. The Morgan fingerprint density at radius 3 is 2.53 bits per heavy atom. The number of rotatable bonds is 6. The van der Waals surface area contributed by atoms with Crippen LogP contribution in [0.5, 0.6) is 0 Å². The minimum Gasteiger partial charge on any atom is -0.326 e. The molecule has 4 rings (SSSR count). The number of imidazole rings is 1. The zero-order valence-electron chi connectivity index (χ0n) is 17.9. The van der Waals surface area contributed by atoms with Crippen molar-refractivity contribution in [3.05, 3.63) is 71.8 Å². The Bertz CT molecular complexity index is 1180. The third-order valence-electron chi connectivity index (χ3n) is 5.29. The van der Waals surface area contributed by atoms with Crippen LogP contribution in [-0.4, -0.2) is 25.2 Å². The quantitative estimate of drug-likeness (QED) is 0.510. The maximum absolute atomic E-state index is 12.6. The van der Waals surface area contributed by atoms with Gasteiger partial charge in [-0.25, -0.2) is 4.98 Å². The van der Waals surface area contributed by atoms with Gasteiger partial charge in [-0.05, 0) is 56.2 Å². The minimum absolute atomic E-state index is 0.0360. The number of nitrogens with zero attached hydrogens (tertiary/aromatic N) is 4. The lowest BCUT2D eigenvalue weighted by molar-refractivity contribution is -0.115. The summed E-state index contributed by atoms with van der Waals surface area (Å²) in [6.07, 6.45) is 2.14. The molecule has 1 amide bonds. The van der Waals surface area contributed by atoms with E-state index < -0.39 is 0 Å². The number of carbonyl (C=O) groups is 1. The van der Waals surface area contributed by atoms with E-state index in [-0.39, 0.29) is 5.91 Å². The largest absolute Gasteiger partial charge is 0.326 e. The van der Waals surface area contributed by atoms with Crippen LogP contribution >= 0.6 is 0 Å². The van der Waals surface area contributed by atoms with Crippen molar-refractivity contribution >= 4 is 22.6 Å². The van der Waals surface area contributed by atoms with E-state index in [1.165, 1.54) is 0 Å². The maximum Gasteiger partial charge on any atom is 0.228 e. The number of benzene rings is 2. The molecule has 6 heteroatoms. The predicted molar refractivity (Wildman–Crippen MR) is 120 cm³/mol. The first-order chi connectivity index (χ1) is 14.4. The van der Waals surface area contributed by atoms with Crippen LogP contribution in [0.1, 0.15) is 30.8 Å². The molecule has 0 saturated carbocycles. The Balaban J connectivity index is 1.46. The molecule has 2 aromatic heterocycles. The smallest absolute Gasteiger partial charge is 0.228 e. The summed E-state index contributed by atoms with van der Waals surface area (Å²) in [5, 5.41) is 7.61. The number of nitrogens with one attached hydrogen (secondary N) is 1. The second-order valence-corrected chi connectivity index (χ2v) is 8.10. The molecule has 0 bridgehead atoms. The van der Waals surface area contributed by atoms with E-state index in [0.717, 1.165) is 45.9 Å². The fourth-order valence-electron chi connectivity index (χ4n) is 3.75. The van der Waals surface area contributed by atoms with Crippen LogP contribution < -0.4 is 5.32 Å². The fraction of sp³-hybridized carbons (Fsp3) is 0.292. The van der Waals surface area contributed by atoms with Crippen molar-refractivity contribution in [1.82, 2.24) is 19.3 Å². The summed E-state index contributed by atoms with van der Waals surface area (Å²) in [5.74, 6) is 0.474. The Kier molecular flexibility index (Phi) is 5.40. The Labute approximate surface area is 176 Å².